The van der Waals surface area contributed by atoms with E-state index in [4.69, 9.17) is 14.9 Å². The predicted octanol–water partition coefficient (Wildman–Crippen LogP) is 3.48. The van der Waals surface area contributed by atoms with Crippen LogP contribution in [0.1, 0.15) is 18.9 Å². The molecule has 0 aliphatic rings. The SMILES string of the molecule is CCC(=O)Oc1ccc2nc(Nc3ccccc3CN)oc2c1F. The number of carbonyl (C=O) groups excluding carboxylic acids is 1. The summed E-state index contributed by atoms with van der Waals surface area (Å²) in [6.45, 7) is 1.97. The van der Waals surface area contributed by atoms with Crippen molar-refractivity contribution in [2.24, 2.45) is 5.73 Å². The first kappa shape index (κ1) is 15.9. The monoisotopic (exact) mass is 329 g/mol. The van der Waals surface area contributed by atoms with Gasteiger partial charge in [0.1, 0.15) is 5.52 Å². The molecule has 0 unspecified atom stereocenters. The fraction of sp³-hybridized carbons (Fsp3) is 0.176. The number of esters is 1. The molecule has 0 spiro atoms. The van der Waals surface area contributed by atoms with E-state index in [1.54, 1.807) is 6.92 Å². The normalized spacial score (nSPS) is 10.8. The minimum atomic E-state index is -0.762. The van der Waals surface area contributed by atoms with Crippen molar-refractivity contribution < 1.29 is 18.3 Å². The second kappa shape index (κ2) is 6.67. The number of anilines is 2. The Hall–Kier alpha value is -2.93. The molecule has 3 rings (SSSR count). The van der Waals surface area contributed by atoms with Gasteiger partial charge in [0.05, 0.1) is 0 Å². The van der Waals surface area contributed by atoms with Crippen LogP contribution in [0.5, 0.6) is 5.75 Å². The molecule has 3 aromatic rings. The number of nitrogens with one attached hydrogen (secondary N) is 1. The molecular formula is C17H16FN3O3. The lowest BCUT2D eigenvalue weighted by atomic mass is 10.2. The van der Waals surface area contributed by atoms with Crippen molar-refractivity contribution in [1.82, 2.24) is 4.98 Å². The van der Waals surface area contributed by atoms with Crippen molar-refractivity contribution in [2.45, 2.75) is 19.9 Å². The van der Waals surface area contributed by atoms with Gasteiger partial charge in [-0.15, -0.1) is 0 Å². The Morgan fingerprint density at radius 2 is 2.12 bits per heavy atom. The van der Waals surface area contributed by atoms with E-state index in [2.05, 4.69) is 10.3 Å². The van der Waals surface area contributed by atoms with Crippen molar-refractivity contribution in [1.29, 1.82) is 0 Å². The van der Waals surface area contributed by atoms with Gasteiger partial charge >= 0.3 is 5.97 Å². The lowest BCUT2D eigenvalue weighted by molar-refractivity contribution is -0.134. The van der Waals surface area contributed by atoms with Crippen LogP contribution in [0.25, 0.3) is 11.1 Å². The molecule has 0 aliphatic carbocycles. The average Bonchev–Trinajstić information content (AvgIpc) is 3.01. The molecule has 1 aromatic heterocycles. The van der Waals surface area contributed by atoms with E-state index in [0.717, 1.165) is 11.3 Å². The van der Waals surface area contributed by atoms with Gasteiger partial charge in [-0.2, -0.15) is 9.37 Å². The summed E-state index contributed by atoms with van der Waals surface area (Å²) in [5.74, 6) is -1.47. The zero-order chi connectivity index (χ0) is 17.1. The number of carbonyl (C=O) groups is 1. The van der Waals surface area contributed by atoms with E-state index in [0.29, 0.717) is 12.1 Å². The molecule has 0 saturated heterocycles. The molecule has 124 valence electrons. The van der Waals surface area contributed by atoms with Crippen LogP contribution < -0.4 is 15.8 Å². The van der Waals surface area contributed by atoms with Crippen molar-refractivity contribution >= 4 is 28.8 Å². The highest BCUT2D eigenvalue weighted by molar-refractivity contribution is 5.80. The van der Waals surface area contributed by atoms with Crippen LogP contribution in [-0.2, 0) is 11.3 Å². The lowest BCUT2D eigenvalue weighted by Gasteiger charge is -2.06. The molecule has 0 aliphatic heterocycles. The number of nitrogens with zero attached hydrogens (tertiary/aromatic N) is 1. The van der Waals surface area contributed by atoms with Gasteiger partial charge in [0.25, 0.3) is 6.01 Å². The Balaban J connectivity index is 1.94. The van der Waals surface area contributed by atoms with Gasteiger partial charge in [-0.3, -0.25) is 4.79 Å². The smallest absolute Gasteiger partial charge is 0.311 e. The van der Waals surface area contributed by atoms with Crippen LogP contribution in [0.2, 0.25) is 0 Å². The largest absolute Gasteiger partial charge is 0.423 e. The number of hydrogen-bond donors (Lipinski definition) is 2. The van der Waals surface area contributed by atoms with Gasteiger partial charge in [0.2, 0.25) is 5.82 Å². The van der Waals surface area contributed by atoms with E-state index < -0.39 is 11.8 Å². The third kappa shape index (κ3) is 3.07. The van der Waals surface area contributed by atoms with E-state index in [1.807, 2.05) is 24.3 Å². The van der Waals surface area contributed by atoms with E-state index in [1.165, 1.54) is 12.1 Å². The number of halogens is 1. The number of para-hydroxylation sites is 1. The number of rotatable bonds is 5. The van der Waals surface area contributed by atoms with Gasteiger partial charge in [-0.1, -0.05) is 25.1 Å². The molecule has 1 heterocycles. The Labute approximate surface area is 137 Å². The number of fused-ring (bicyclic) bond motifs is 1. The number of oxazole rings is 1. The maximum Gasteiger partial charge on any atom is 0.311 e. The number of hydrogen-bond acceptors (Lipinski definition) is 6. The molecule has 7 heteroatoms. The molecule has 2 aromatic carbocycles. The minimum Gasteiger partial charge on any atom is -0.423 e. The molecule has 0 amide bonds. The topological polar surface area (TPSA) is 90.4 Å². The number of nitrogens with two attached hydrogens (primary N) is 1. The van der Waals surface area contributed by atoms with Crippen LogP contribution >= 0.6 is 0 Å². The maximum atomic E-state index is 14.4. The maximum absolute atomic E-state index is 14.4. The summed E-state index contributed by atoms with van der Waals surface area (Å²) in [7, 11) is 0. The van der Waals surface area contributed by atoms with Crippen LogP contribution in [-0.4, -0.2) is 11.0 Å². The third-order valence-corrected chi connectivity index (χ3v) is 3.45. The number of ether oxygens (including phenoxy) is 1. The fourth-order valence-corrected chi connectivity index (χ4v) is 2.20. The molecular weight excluding hydrogens is 313 g/mol. The van der Waals surface area contributed by atoms with Gasteiger partial charge in [0, 0.05) is 18.7 Å². The summed E-state index contributed by atoms with van der Waals surface area (Å²) in [6.07, 6.45) is 0.149. The summed E-state index contributed by atoms with van der Waals surface area (Å²) >= 11 is 0. The van der Waals surface area contributed by atoms with Gasteiger partial charge in [-0.25, -0.2) is 0 Å². The predicted molar refractivity (Wildman–Crippen MR) is 87.5 cm³/mol. The Morgan fingerprint density at radius 1 is 1.33 bits per heavy atom. The zero-order valence-corrected chi connectivity index (χ0v) is 13.0. The Kier molecular flexibility index (Phi) is 4.43. The average molecular weight is 329 g/mol. The lowest BCUT2D eigenvalue weighted by Crippen LogP contribution is -2.06. The molecule has 0 radical (unpaired) electrons. The first-order valence-electron chi connectivity index (χ1n) is 7.47. The van der Waals surface area contributed by atoms with Crippen molar-refractivity contribution in [3.05, 3.63) is 47.8 Å². The summed E-state index contributed by atoms with van der Waals surface area (Å²) < 4.78 is 24.8. The standard InChI is InChI=1S/C17H16FN3O3/c1-2-14(22)23-13-8-7-12-16(15(13)18)24-17(21-12)20-11-6-4-3-5-10(11)9-19/h3-8H,2,9,19H2,1H3,(H,20,21). The van der Waals surface area contributed by atoms with Crippen LogP contribution in [0.4, 0.5) is 16.1 Å². The van der Waals surface area contributed by atoms with Crippen molar-refractivity contribution in [2.75, 3.05) is 5.32 Å². The molecule has 24 heavy (non-hydrogen) atoms. The fourth-order valence-electron chi connectivity index (χ4n) is 2.20. The minimum absolute atomic E-state index is 0.0795. The van der Waals surface area contributed by atoms with Gasteiger partial charge in [0.15, 0.2) is 11.3 Å². The molecule has 0 saturated carbocycles. The Bertz CT molecular complexity index is 892. The number of aromatic nitrogens is 1. The molecule has 3 N–H and O–H groups in total. The molecule has 0 atom stereocenters. The van der Waals surface area contributed by atoms with Crippen LogP contribution in [0.15, 0.2) is 40.8 Å². The third-order valence-electron chi connectivity index (χ3n) is 3.45. The summed E-state index contributed by atoms with van der Waals surface area (Å²) in [6, 6.07) is 10.4. The summed E-state index contributed by atoms with van der Waals surface area (Å²) in [4.78, 5) is 15.5. The highest BCUT2D eigenvalue weighted by Crippen LogP contribution is 2.30. The van der Waals surface area contributed by atoms with E-state index in [-0.39, 0.29) is 23.8 Å². The molecule has 0 bridgehead atoms. The second-order valence-corrected chi connectivity index (χ2v) is 5.06. The van der Waals surface area contributed by atoms with Crippen molar-refractivity contribution in [3.63, 3.8) is 0 Å². The first-order valence-corrected chi connectivity index (χ1v) is 7.47. The Morgan fingerprint density at radius 3 is 2.88 bits per heavy atom. The summed E-state index contributed by atoms with van der Waals surface area (Å²) in [5, 5.41) is 2.98. The quantitative estimate of drug-likeness (QED) is 0.550. The summed E-state index contributed by atoms with van der Waals surface area (Å²) in [5.41, 5.74) is 7.52. The number of benzene rings is 2. The van der Waals surface area contributed by atoms with Crippen LogP contribution in [0.3, 0.4) is 0 Å². The highest BCUT2D eigenvalue weighted by atomic mass is 19.1. The van der Waals surface area contributed by atoms with Gasteiger partial charge in [-0.05, 0) is 23.8 Å². The van der Waals surface area contributed by atoms with E-state index >= 15 is 0 Å². The second-order valence-electron chi connectivity index (χ2n) is 5.06. The van der Waals surface area contributed by atoms with E-state index in [9.17, 15) is 9.18 Å². The highest BCUT2D eigenvalue weighted by Gasteiger charge is 2.17. The van der Waals surface area contributed by atoms with Gasteiger partial charge < -0.3 is 20.2 Å². The zero-order valence-electron chi connectivity index (χ0n) is 13.0. The molecule has 0 fully saturated rings. The first-order chi connectivity index (χ1) is 11.6. The molecule has 6 nitrogen and oxygen atoms in total. The van der Waals surface area contributed by atoms with Crippen LogP contribution in [0, 0.1) is 5.82 Å². The van der Waals surface area contributed by atoms with Crippen molar-refractivity contribution in [3.8, 4) is 5.75 Å².